The van der Waals surface area contributed by atoms with Crippen molar-refractivity contribution in [2.45, 2.75) is 159 Å². The topological polar surface area (TPSA) is 30.7 Å². The van der Waals surface area contributed by atoms with Crippen LogP contribution in [0.4, 0.5) is 0 Å². The average Bonchev–Trinajstić information content (AvgIpc) is 3.21. The second-order valence-corrected chi connectivity index (χ2v) is 10.8. The van der Waals surface area contributed by atoms with Gasteiger partial charge in [-0.15, -0.1) is 10.2 Å². The average molecular weight is 436 g/mol. The van der Waals surface area contributed by atoms with Crippen molar-refractivity contribution >= 4 is 11.8 Å². The molecule has 2 rings (SSSR count). The Morgan fingerprint density at radius 1 is 0.733 bits per heavy atom. The number of hydrogen-bond acceptors (Lipinski definition) is 3. The smallest absolute Gasteiger partial charge is 0.191 e. The molecular formula is C26H49N3S. The van der Waals surface area contributed by atoms with Crippen molar-refractivity contribution in [3.05, 3.63) is 6.33 Å². The van der Waals surface area contributed by atoms with Crippen LogP contribution in [0.5, 0.6) is 0 Å². The molecule has 30 heavy (non-hydrogen) atoms. The van der Waals surface area contributed by atoms with Crippen molar-refractivity contribution in [3.63, 3.8) is 0 Å². The highest BCUT2D eigenvalue weighted by Crippen LogP contribution is 2.32. The van der Waals surface area contributed by atoms with Crippen molar-refractivity contribution < 1.29 is 0 Å². The molecule has 1 fully saturated rings. The van der Waals surface area contributed by atoms with Gasteiger partial charge in [-0.2, -0.15) is 0 Å². The van der Waals surface area contributed by atoms with Crippen LogP contribution in [0.25, 0.3) is 0 Å². The molecule has 0 N–H and O–H groups in total. The number of aryl methyl sites for hydroxylation is 1. The summed E-state index contributed by atoms with van der Waals surface area (Å²) in [6.45, 7) is 3.40. The quantitative estimate of drug-likeness (QED) is 0.203. The van der Waals surface area contributed by atoms with Gasteiger partial charge in [0.25, 0.3) is 0 Å². The van der Waals surface area contributed by atoms with E-state index in [1.807, 2.05) is 18.1 Å². The standard InChI is InChI=1S/C26H49N3S/c1-2-3-4-5-6-7-8-9-10-11-12-13-14-15-16-20-23-29-24-27-28-26(29)30-25-21-18-17-19-22-25/h24-25H,2-23H2,1H3. The van der Waals surface area contributed by atoms with Gasteiger partial charge in [0.2, 0.25) is 0 Å². The van der Waals surface area contributed by atoms with E-state index in [4.69, 9.17) is 0 Å². The molecule has 1 aromatic rings. The molecule has 1 saturated carbocycles. The number of rotatable bonds is 19. The first-order valence-electron chi connectivity index (χ1n) is 13.4. The third kappa shape index (κ3) is 12.4. The molecule has 3 nitrogen and oxygen atoms in total. The summed E-state index contributed by atoms with van der Waals surface area (Å²) in [6, 6.07) is 0. The van der Waals surface area contributed by atoms with Gasteiger partial charge in [-0.25, -0.2) is 0 Å². The van der Waals surface area contributed by atoms with Crippen molar-refractivity contribution in [2.24, 2.45) is 0 Å². The van der Waals surface area contributed by atoms with E-state index < -0.39 is 0 Å². The minimum atomic E-state index is 0.771. The highest BCUT2D eigenvalue weighted by atomic mass is 32.2. The summed E-state index contributed by atoms with van der Waals surface area (Å²) in [4.78, 5) is 0. The van der Waals surface area contributed by atoms with Crippen molar-refractivity contribution in [1.29, 1.82) is 0 Å². The molecule has 0 aliphatic heterocycles. The van der Waals surface area contributed by atoms with Gasteiger partial charge in [-0.3, -0.25) is 0 Å². The molecule has 0 spiro atoms. The van der Waals surface area contributed by atoms with Crippen molar-refractivity contribution in [1.82, 2.24) is 14.8 Å². The summed E-state index contributed by atoms with van der Waals surface area (Å²) >= 11 is 1.98. The Bertz CT molecular complexity index is 496. The normalized spacial score (nSPS) is 15.1. The number of aromatic nitrogens is 3. The predicted octanol–water partition coefficient (Wildman–Crippen LogP) is 8.96. The maximum absolute atomic E-state index is 4.38. The number of thioether (sulfide) groups is 1. The van der Waals surface area contributed by atoms with Crippen LogP contribution in [0.2, 0.25) is 0 Å². The van der Waals surface area contributed by atoms with Crippen LogP contribution in [0.1, 0.15) is 142 Å². The van der Waals surface area contributed by atoms with Gasteiger partial charge >= 0.3 is 0 Å². The van der Waals surface area contributed by atoms with E-state index in [2.05, 4.69) is 21.7 Å². The summed E-state index contributed by atoms with van der Waals surface area (Å²) < 4.78 is 2.29. The van der Waals surface area contributed by atoms with E-state index in [-0.39, 0.29) is 0 Å². The van der Waals surface area contributed by atoms with Gasteiger partial charge in [0.15, 0.2) is 5.16 Å². The highest BCUT2D eigenvalue weighted by Gasteiger charge is 2.17. The molecule has 0 atom stereocenters. The zero-order chi connectivity index (χ0) is 21.1. The second kappa shape index (κ2) is 18.1. The van der Waals surface area contributed by atoms with Crippen molar-refractivity contribution in [2.75, 3.05) is 0 Å². The summed E-state index contributed by atoms with van der Waals surface area (Å²) in [7, 11) is 0. The van der Waals surface area contributed by atoms with Crippen LogP contribution < -0.4 is 0 Å². The van der Waals surface area contributed by atoms with E-state index in [0.29, 0.717) is 0 Å². The van der Waals surface area contributed by atoms with Gasteiger partial charge in [-0.05, 0) is 19.3 Å². The molecule has 4 heteroatoms. The van der Waals surface area contributed by atoms with Crippen molar-refractivity contribution in [3.8, 4) is 0 Å². The minimum absolute atomic E-state index is 0.771. The van der Waals surface area contributed by atoms with Gasteiger partial charge in [0.05, 0.1) is 0 Å². The summed E-state index contributed by atoms with van der Waals surface area (Å²) in [5, 5.41) is 10.5. The van der Waals surface area contributed by atoms with E-state index in [0.717, 1.165) is 17.0 Å². The molecule has 0 bridgehead atoms. The number of nitrogens with zero attached hydrogens (tertiary/aromatic N) is 3. The molecule has 0 radical (unpaired) electrons. The fourth-order valence-corrected chi connectivity index (χ4v) is 5.89. The lowest BCUT2D eigenvalue weighted by molar-refractivity contribution is 0.506. The minimum Gasteiger partial charge on any atom is -0.309 e. The third-order valence-corrected chi connectivity index (χ3v) is 7.99. The third-order valence-electron chi connectivity index (χ3n) is 6.66. The lowest BCUT2D eigenvalue weighted by Crippen LogP contribution is -2.10. The second-order valence-electron chi connectivity index (χ2n) is 9.49. The van der Waals surface area contributed by atoms with E-state index in [9.17, 15) is 0 Å². The molecule has 0 amide bonds. The zero-order valence-corrected chi connectivity index (χ0v) is 20.8. The Hall–Kier alpha value is -0.510. The first-order chi connectivity index (χ1) is 14.9. The van der Waals surface area contributed by atoms with Gasteiger partial charge in [-0.1, -0.05) is 134 Å². The van der Waals surface area contributed by atoms with E-state index in [1.54, 1.807) is 0 Å². The maximum Gasteiger partial charge on any atom is 0.191 e. The lowest BCUT2D eigenvalue weighted by Gasteiger charge is -2.20. The zero-order valence-electron chi connectivity index (χ0n) is 20.0. The molecule has 0 aromatic carbocycles. The Kier molecular flexibility index (Phi) is 15.5. The predicted molar refractivity (Wildman–Crippen MR) is 132 cm³/mol. The number of unbranched alkanes of at least 4 members (excludes halogenated alkanes) is 15. The molecule has 0 saturated heterocycles. The van der Waals surface area contributed by atoms with Gasteiger partial charge < -0.3 is 4.57 Å². The Labute approximate surface area is 191 Å². The first kappa shape index (κ1) is 25.7. The summed E-state index contributed by atoms with van der Waals surface area (Å²) in [5.74, 6) is 0. The monoisotopic (exact) mass is 435 g/mol. The van der Waals surface area contributed by atoms with Gasteiger partial charge in [0.1, 0.15) is 6.33 Å². The molecule has 1 aliphatic rings. The van der Waals surface area contributed by atoms with E-state index in [1.165, 1.54) is 135 Å². The van der Waals surface area contributed by atoms with Crippen LogP contribution >= 0.6 is 11.8 Å². The Morgan fingerprint density at radius 3 is 1.77 bits per heavy atom. The molecule has 1 aromatic heterocycles. The van der Waals surface area contributed by atoms with Gasteiger partial charge in [0, 0.05) is 11.8 Å². The maximum atomic E-state index is 4.38. The molecule has 0 unspecified atom stereocenters. The highest BCUT2D eigenvalue weighted by molar-refractivity contribution is 7.99. The van der Waals surface area contributed by atoms with Crippen LogP contribution in [-0.4, -0.2) is 20.0 Å². The number of hydrogen-bond donors (Lipinski definition) is 0. The fraction of sp³-hybridized carbons (Fsp3) is 0.923. The molecule has 1 heterocycles. The van der Waals surface area contributed by atoms with E-state index >= 15 is 0 Å². The SMILES string of the molecule is CCCCCCCCCCCCCCCCCCn1cnnc1SC1CCCCC1. The van der Waals surface area contributed by atoms with Crippen LogP contribution in [0, 0.1) is 0 Å². The van der Waals surface area contributed by atoms with Crippen LogP contribution in [0.3, 0.4) is 0 Å². The molecule has 1 aliphatic carbocycles. The lowest BCUT2D eigenvalue weighted by atomic mass is 10.0. The molecular weight excluding hydrogens is 386 g/mol. The Balaban J connectivity index is 1.35. The fourth-order valence-electron chi connectivity index (χ4n) is 4.65. The first-order valence-corrected chi connectivity index (χ1v) is 14.3. The van der Waals surface area contributed by atoms with Crippen LogP contribution in [-0.2, 0) is 6.54 Å². The molecule has 174 valence electrons. The summed E-state index contributed by atoms with van der Waals surface area (Å²) in [6.07, 6.45) is 31.7. The summed E-state index contributed by atoms with van der Waals surface area (Å²) in [5.41, 5.74) is 0. The Morgan fingerprint density at radius 2 is 1.23 bits per heavy atom. The largest absolute Gasteiger partial charge is 0.309 e. The van der Waals surface area contributed by atoms with Crippen LogP contribution in [0.15, 0.2) is 11.5 Å².